The summed E-state index contributed by atoms with van der Waals surface area (Å²) in [4.78, 5) is 16.1. The van der Waals surface area contributed by atoms with Crippen LogP contribution >= 0.6 is 0 Å². The van der Waals surface area contributed by atoms with Crippen LogP contribution in [0.5, 0.6) is 0 Å². The second-order valence-corrected chi connectivity index (χ2v) is 8.33. The molecule has 3 aromatic rings. The Labute approximate surface area is 198 Å². The molecule has 0 saturated carbocycles. The van der Waals surface area contributed by atoms with Crippen molar-refractivity contribution in [3.8, 4) is 0 Å². The predicted octanol–water partition coefficient (Wildman–Crippen LogP) is 5.27. The number of alkyl halides is 5. The van der Waals surface area contributed by atoms with Crippen LogP contribution < -0.4 is 10.2 Å². The van der Waals surface area contributed by atoms with Gasteiger partial charge in [-0.05, 0) is 19.9 Å². The van der Waals surface area contributed by atoms with Crippen molar-refractivity contribution in [3.63, 3.8) is 0 Å². The van der Waals surface area contributed by atoms with E-state index >= 15 is 0 Å². The number of anilines is 2. The maximum atomic E-state index is 14.7. The third-order valence-corrected chi connectivity index (χ3v) is 5.99. The average molecular weight is 498 g/mol. The first-order valence-electron chi connectivity index (χ1n) is 11.0. The number of piperazine rings is 1. The van der Waals surface area contributed by atoms with Gasteiger partial charge in [-0.2, -0.15) is 0 Å². The Morgan fingerprint density at radius 3 is 2.31 bits per heavy atom. The first-order valence-corrected chi connectivity index (χ1v) is 11.0. The molecule has 0 bridgehead atoms. The van der Waals surface area contributed by atoms with E-state index in [1.54, 1.807) is 19.9 Å². The summed E-state index contributed by atoms with van der Waals surface area (Å²) in [5.41, 5.74) is -0.0943. The van der Waals surface area contributed by atoms with E-state index in [0.717, 1.165) is 11.0 Å². The molecule has 1 aliphatic heterocycles. The Hall–Kier alpha value is -3.15. The molecular weight excluding hydrogens is 474 g/mol. The Morgan fingerprint density at radius 1 is 0.971 bits per heavy atom. The molecule has 188 valence electrons. The van der Waals surface area contributed by atoms with Crippen molar-refractivity contribution in [2.45, 2.75) is 39.0 Å². The number of pyridine rings is 1. The van der Waals surface area contributed by atoms with Gasteiger partial charge in [0.25, 0.3) is 12.9 Å². The molecule has 1 aromatic carbocycles. The molecule has 0 amide bonds. The smallest absolute Gasteiger partial charge is 0.282 e. The fourth-order valence-corrected chi connectivity index (χ4v) is 4.13. The highest BCUT2D eigenvalue weighted by molar-refractivity contribution is 5.90. The number of nitrogens with one attached hydrogen (secondary N) is 1. The molecule has 3 heterocycles. The summed E-state index contributed by atoms with van der Waals surface area (Å²) in [6.45, 7) is 4.12. The normalized spacial score (nSPS) is 16.8. The number of halogens is 6. The predicted molar refractivity (Wildman–Crippen MR) is 120 cm³/mol. The summed E-state index contributed by atoms with van der Waals surface area (Å²) in [6, 6.07) is 4.87. The van der Waals surface area contributed by atoms with Crippen LogP contribution in [0.2, 0.25) is 0 Å². The minimum atomic E-state index is -3.07. The van der Waals surface area contributed by atoms with Crippen LogP contribution in [-0.4, -0.2) is 58.8 Å². The highest BCUT2D eigenvalue weighted by Crippen LogP contribution is 2.31. The van der Waals surface area contributed by atoms with Crippen molar-refractivity contribution < 1.29 is 26.3 Å². The Kier molecular flexibility index (Phi) is 7.29. The van der Waals surface area contributed by atoms with E-state index in [2.05, 4.69) is 20.3 Å². The molecule has 1 unspecified atom stereocenters. The average Bonchev–Trinajstić information content (AvgIpc) is 2.83. The highest BCUT2D eigenvalue weighted by atomic mass is 19.3. The van der Waals surface area contributed by atoms with Crippen LogP contribution in [-0.2, 0) is 0 Å². The number of aryl methyl sites for hydroxylation is 1. The number of fused-ring (bicyclic) bond motifs is 1. The van der Waals surface area contributed by atoms with Gasteiger partial charge in [0.15, 0.2) is 0 Å². The molecule has 35 heavy (non-hydrogen) atoms. The number of hydrogen-bond acceptors (Lipinski definition) is 6. The van der Waals surface area contributed by atoms with E-state index in [9.17, 15) is 26.3 Å². The minimum absolute atomic E-state index is 0.0671. The lowest BCUT2D eigenvalue weighted by Gasteiger charge is -2.36. The topological polar surface area (TPSA) is 57.2 Å². The Morgan fingerprint density at radius 2 is 1.66 bits per heavy atom. The molecule has 1 saturated heterocycles. The van der Waals surface area contributed by atoms with Gasteiger partial charge in [0.05, 0.1) is 23.3 Å². The van der Waals surface area contributed by atoms with Crippen LogP contribution in [0.25, 0.3) is 10.9 Å². The van der Waals surface area contributed by atoms with Crippen molar-refractivity contribution in [1.29, 1.82) is 0 Å². The lowest BCUT2D eigenvalue weighted by atomic mass is 10.0. The number of rotatable bonds is 7. The van der Waals surface area contributed by atoms with E-state index in [0.29, 0.717) is 41.5 Å². The summed E-state index contributed by atoms with van der Waals surface area (Å²) in [5, 5.41) is 3.66. The van der Waals surface area contributed by atoms with Crippen molar-refractivity contribution in [3.05, 3.63) is 53.2 Å². The van der Waals surface area contributed by atoms with Crippen molar-refractivity contribution in [2.75, 3.05) is 36.4 Å². The van der Waals surface area contributed by atoms with Gasteiger partial charge in [-0.3, -0.25) is 4.90 Å². The van der Waals surface area contributed by atoms with Gasteiger partial charge in [0, 0.05) is 37.1 Å². The van der Waals surface area contributed by atoms with Gasteiger partial charge in [-0.1, -0.05) is 18.2 Å². The van der Waals surface area contributed by atoms with E-state index < -0.39 is 36.6 Å². The lowest BCUT2D eigenvalue weighted by Crippen LogP contribution is -2.51. The first kappa shape index (κ1) is 25.0. The summed E-state index contributed by atoms with van der Waals surface area (Å²) in [6.07, 6.45) is -6.77. The van der Waals surface area contributed by atoms with E-state index in [-0.39, 0.29) is 18.7 Å². The SMILES string of the molecule is Cc1nc(N[C@H](C)c2cccc(C(F)F)c2F)c2cc(N3CCN(C(F)C(F)F)CC3)ncc2n1. The van der Waals surface area contributed by atoms with Gasteiger partial charge in [0.1, 0.15) is 23.3 Å². The zero-order chi connectivity index (χ0) is 25.3. The molecular formula is C23H24F6N6. The minimum Gasteiger partial charge on any atom is -0.363 e. The highest BCUT2D eigenvalue weighted by Gasteiger charge is 2.30. The first-order chi connectivity index (χ1) is 16.7. The monoisotopic (exact) mass is 498 g/mol. The van der Waals surface area contributed by atoms with Crippen LogP contribution in [0.15, 0.2) is 30.5 Å². The van der Waals surface area contributed by atoms with Gasteiger partial charge >= 0.3 is 0 Å². The molecule has 6 nitrogen and oxygen atoms in total. The molecule has 2 atom stereocenters. The standard InChI is InChI=1S/C23H24F6N6/c1-12(14-4-3-5-15(19(14)24)20(25)26)31-23-16-10-18(30-11-17(16)32-13(2)33-23)34-6-8-35(9-7-34)22(29)21(27)28/h3-5,10-12,20-22H,6-9H2,1-2H3,(H,31,32,33)/t12-,22?/m1/s1. The van der Waals surface area contributed by atoms with Gasteiger partial charge in [0.2, 0.25) is 6.30 Å². The fraction of sp³-hybridized carbons (Fsp3) is 0.435. The maximum absolute atomic E-state index is 14.7. The quantitative estimate of drug-likeness (QED) is 0.354. The largest absolute Gasteiger partial charge is 0.363 e. The molecule has 0 radical (unpaired) electrons. The number of benzene rings is 1. The van der Waals surface area contributed by atoms with E-state index in [1.165, 1.54) is 18.3 Å². The van der Waals surface area contributed by atoms with Crippen LogP contribution in [0.3, 0.4) is 0 Å². The summed E-state index contributed by atoms with van der Waals surface area (Å²) in [5.74, 6) is 0.343. The molecule has 4 rings (SSSR count). The zero-order valence-electron chi connectivity index (χ0n) is 19.0. The molecule has 0 aliphatic carbocycles. The molecule has 1 aliphatic rings. The van der Waals surface area contributed by atoms with Crippen LogP contribution in [0.1, 0.15) is 36.3 Å². The molecule has 2 aromatic heterocycles. The van der Waals surface area contributed by atoms with Gasteiger partial charge in [-0.15, -0.1) is 0 Å². The van der Waals surface area contributed by atoms with Crippen molar-refractivity contribution >= 4 is 22.5 Å². The second kappa shape index (κ2) is 10.2. The summed E-state index contributed by atoms with van der Waals surface area (Å²) >= 11 is 0. The van der Waals surface area contributed by atoms with Crippen molar-refractivity contribution in [2.24, 2.45) is 0 Å². The lowest BCUT2D eigenvalue weighted by molar-refractivity contribution is -0.0505. The van der Waals surface area contributed by atoms with Gasteiger partial charge < -0.3 is 10.2 Å². The summed E-state index contributed by atoms with van der Waals surface area (Å²) in [7, 11) is 0. The van der Waals surface area contributed by atoms with Crippen molar-refractivity contribution in [1.82, 2.24) is 19.9 Å². The molecule has 0 spiro atoms. The van der Waals surface area contributed by atoms with Gasteiger partial charge in [-0.25, -0.2) is 41.3 Å². The molecule has 1 fully saturated rings. The number of hydrogen-bond donors (Lipinski definition) is 1. The van der Waals surface area contributed by atoms with E-state index in [4.69, 9.17) is 0 Å². The number of aromatic nitrogens is 3. The fourth-order valence-electron chi connectivity index (χ4n) is 4.13. The van der Waals surface area contributed by atoms with Crippen LogP contribution in [0.4, 0.5) is 38.0 Å². The maximum Gasteiger partial charge on any atom is 0.282 e. The molecule has 12 heteroatoms. The van der Waals surface area contributed by atoms with Crippen LogP contribution in [0, 0.1) is 12.7 Å². The number of nitrogens with zero attached hydrogens (tertiary/aromatic N) is 5. The Balaban J connectivity index is 1.60. The van der Waals surface area contributed by atoms with E-state index in [1.807, 2.05) is 4.90 Å². The Bertz CT molecular complexity index is 1180. The summed E-state index contributed by atoms with van der Waals surface area (Å²) < 4.78 is 79.9. The molecule has 1 N–H and O–H groups in total. The zero-order valence-corrected chi connectivity index (χ0v) is 19.0. The second-order valence-electron chi connectivity index (χ2n) is 8.33. The third kappa shape index (κ3) is 5.26. The third-order valence-electron chi connectivity index (χ3n) is 5.99.